The molecule has 0 saturated heterocycles. The van der Waals surface area contributed by atoms with Gasteiger partial charge in [0.05, 0.1) is 16.8 Å². The average Bonchev–Trinajstić information content (AvgIpc) is 3.21. The predicted molar refractivity (Wildman–Crippen MR) is 138 cm³/mol. The fourth-order valence-corrected chi connectivity index (χ4v) is 5.52. The molecule has 4 rings (SSSR count). The Kier molecular flexibility index (Phi) is 7.51. The standard InChI is InChI=1S/C28H34N2O4S/c1-18-7-9-19(10-8-18)26(31)30(20-14-22(15-20)34-21-6-5-13-29-17-21)24-16-23(11-12-28(2,3)4)35-25(24)27(32)33/h5-6,13,16-20,22H,7-10,14-15H2,1-4H3,(H,32,33)/t18-,19-,20?,22?. The summed E-state index contributed by atoms with van der Waals surface area (Å²) in [6.45, 7) is 8.28. The summed E-state index contributed by atoms with van der Waals surface area (Å²) >= 11 is 1.15. The number of carboxylic acids is 1. The van der Waals surface area contributed by atoms with Crippen LogP contribution in [0.1, 0.15) is 80.8 Å². The van der Waals surface area contributed by atoms with Crippen LogP contribution in [0.4, 0.5) is 5.69 Å². The summed E-state index contributed by atoms with van der Waals surface area (Å²) in [5, 5.41) is 9.99. The molecule has 186 valence electrons. The van der Waals surface area contributed by atoms with E-state index >= 15 is 0 Å². The predicted octanol–water partition coefficient (Wildman–Crippen LogP) is 6.01. The van der Waals surface area contributed by atoms with Crippen LogP contribution >= 0.6 is 11.3 Å². The molecule has 0 atom stereocenters. The highest BCUT2D eigenvalue weighted by Gasteiger charge is 2.42. The van der Waals surface area contributed by atoms with E-state index in [9.17, 15) is 14.7 Å². The maximum atomic E-state index is 13.9. The number of ether oxygens (including phenoxy) is 1. The number of hydrogen-bond donors (Lipinski definition) is 1. The molecule has 6 nitrogen and oxygen atoms in total. The van der Waals surface area contributed by atoms with Crippen molar-refractivity contribution in [3.8, 4) is 17.6 Å². The van der Waals surface area contributed by atoms with Crippen LogP contribution < -0.4 is 9.64 Å². The quantitative estimate of drug-likeness (QED) is 0.498. The van der Waals surface area contributed by atoms with Gasteiger partial charge in [0.2, 0.25) is 5.91 Å². The summed E-state index contributed by atoms with van der Waals surface area (Å²) in [6.07, 6.45) is 8.41. The minimum Gasteiger partial charge on any atom is -0.489 e. The van der Waals surface area contributed by atoms with Gasteiger partial charge in [-0.2, -0.15) is 0 Å². The van der Waals surface area contributed by atoms with E-state index in [4.69, 9.17) is 4.74 Å². The lowest BCUT2D eigenvalue weighted by molar-refractivity contribution is -0.124. The second-order valence-corrected chi connectivity index (χ2v) is 11.9. The maximum absolute atomic E-state index is 13.9. The van der Waals surface area contributed by atoms with Gasteiger partial charge in [-0.1, -0.05) is 18.8 Å². The second kappa shape index (κ2) is 10.4. The van der Waals surface area contributed by atoms with E-state index in [1.807, 2.05) is 32.9 Å². The summed E-state index contributed by atoms with van der Waals surface area (Å²) in [7, 11) is 0. The molecule has 0 unspecified atom stereocenters. The number of pyridine rings is 1. The molecule has 0 aromatic carbocycles. The van der Waals surface area contributed by atoms with Crippen molar-refractivity contribution in [2.24, 2.45) is 17.3 Å². The van der Waals surface area contributed by atoms with Crippen LogP contribution in [0.2, 0.25) is 0 Å². The first-order valence-electron chi connectivity index (χ1n) is 12.4. The minimum atomic E-state index is -1.02. The first-order chi connectivity index (χ1) is 16.6. The molecule has 2 aliphatic carbocycles. The Bertz CT molecular complexity index is 1110. The van der Waals surface area contributed by atoms with E-state index in [1.54, 1.807) is 23.4 Å². The summed E-state index contributed by atoms with van der Waals surface area (Å²) in [6, 6.07) is 5.40. The van der Waals surface area contributed by atoms with Crippen LogP contribution in [0.3, 0.4) is 0 Å². The van der Waals surface area contributed by atoms with Gasteiger partial charge in [-0.05, 0) is 70.6 Å². The molecule has 2 fully saturated rings. The SMILES string of the molecule is CC(C)(C)C#Cc1cc(N(C(=O)[C@H]2CC[C@H](C)CC2)C2CC(Oc3cccnc3)C2)c(C(=O)O)s1. The number of thiophene rings is 1. The van der Waals surface area contributed by atoms with Gasteiger partial charge in [-0.3, -0.25) is 9.78 Å². The Labute approximate surface area is 211 Å². The maximum Gasteiger partial charge on any atom is 0.348 e. The Hall–Kier alpha value is -2.85. The number of carbonyl (C=O) groups excluding carboxylic acids is 1. The van der Waals surface area contributed by atoms with E-state index < -0.39 is 5.97 Å². The van der Waals surface area contributed by atoms with E-state index in [0.717, 1.165) is 37.0 Å². The average molecular weight is 495 g/mol. The molecule has 35 heavy (non-hydrogen) atoms. The molecule has 2 aromatic heterocycles. The zero-order valence-corrected chi connectivity index (χ0v) is 21.7. The van der Waals surface area contributed by atoms with Crippen molar-refractivity contribution >= 4 is 28.9 Å². The molecule has 2 aliphatic rings. The monoisotopic (exact) mass is 494 g/mol. The molecule has 2 aromatic rings. The lowest BCUT2D eigenvalue weighted by Crippen LogP contribution is -2.54. The Morgan fingerprint density at radius 2 is 1.91 bits per heavy atom. The number of anilines is 1. The van der Waals surface area contributed by atoms with Crippen LogP contribution in [0.5, 0.6) is 5.75 Å². The Balaban J connectivity index is 1.61. The van der Waals surface area contributed by atoms with Gasteiger partial charge in [0.15, 0.2) is 0 Å². The number of carboxylic acid groups (broad SMARTS) is 1. The first-order valence-corrected chi connectivity index (χ1v) is 13.2. The van der Waals surface area contributed by atoms with Gasteiger partial charge in [-0.25, -0.2) is 4.79 Å². The van der Waals surface area contributed by atoms with Crippen molar-refractivity contribution in [3.05, 3.63) is 40.3 Å². The van der Waals surface area contributed by atoms with Crippen molar-refractivity contribution in [2.45, 2.75) is 78.4 Å². The second-order valence-electron chi connectivity index (χ2n) is 10.8. The molecule has 0 spiro atoms. The summed E-state index contributed by atoms with van der Waals surface area (Å²) < 4.78 is 6.03. The lowest BCUT2D eigenvalue weighted by atomic mass is 9.80. The van der Waals surface area contributed by atoms with Crippen molar-refractivity contribution in [2.75, 3.05) is 4.90 Å². The summed E-state index contributed by atoms with van der Waals surface area (Å²) in [4.78, 5) is 32.8. The van der Waals surface area contributed by atoms with Crippen LogP contribution in [-0.4, -0.2) is 34.1 Å². The first kappa shape index (κ1) is 25.2. The highest BCUT2D eigenvalue weighted by molar-refractivity contribution is 7.15. The molecule has 0 bridgehead atoms. The molecule has 2 saturated carbocycles. The van der Waals surface area contributed by atoms with E-state index in [-0.39, 0.29) is 34.3 Å². The highest BCUT2D eigenvalue weighted by Crippen LogP contribution is 2.40. The Morgan fingerprint density at radius 1 is 1.20 bits per heavy atom. The molecule has 0 aliphatic heterocycles. The summed E-state index contributed by atoms with van der Waals surface area (Å²) in [5.41, 5.74) is 0.279. The smallest absolute Gasteiger partial charge is 0.348 e. The zero-order valence-electron chi connectivity index (χ0n) is 20.9. The number of rotatable bonds is 6. The zero-order chi connectivity index (χ0) is 25.2. The van der Waals surface area contributed by atoms with Crippen molar-refractivity contribution in [3.63, 3.8) is 0 Å². The van der Waals surface area contributed by atoms with Crippen molar-refractivity contribution in [1.82, 2.24) is 4.98 Å². The minimum absolute atomic E-state index is 0.0297. The molecule has 2 heterocycles. The number of amides is 1. The van der Waals surface area contributed by atoms with Gasteiger partial charge in [-0.15, -0.1) is 11.3 Å². The third-order valence-corrected chi connectivity index (χ3v) is 7.73. The third kappa shape index (κ3) is 6.24. The van der Waals surface area contributed by atoms with Crippen LogP contribution in [-0.2, 0) is 4.79 Å². The van der Waals surface area contributed by atoms with Gasteiger partial charge >= 0.3 is 5.97 Å². The van der Waals surface area contributed by atoms with Gasteiger partial charge < -0.3 is 14.7 Å². The number of aromatic nitrogens is 1. The lowest BCUT2D eigenvalue weighted by Gasteiger charge is -2.44. The largest absolute Gasteiger partial charge is 0.489 e. The normalized spacial score (nSPS) is 24.0. The van der Waals surface area contributed by atoms with Gasteiger partial charge in [0, 0.05) is 36.4 Å². The fourth-order valence-electron chi connectivity index (χ4n) is 4.68. The van der Waals surface area contributed by atoms with Crippen molar-refractivity contribution < 1.29 is 19.4 Å². The molecule has 0 radical (unpaired) electrons. The summed E-state index contributed by atoms with van der Waals surface area (Å²) in [5.74, 6) is 6.59. The number of nitrogens with zero attached hydrogens (tertiary/aromatic N) is 2. The highest BCUT2D eigenvalue weighted by atomic mass is 32.1. The fraction of sp³-hybridized carbons (Fsp3) is 0.536. The number of carbonyl (C=O) groups is 2. The van der Waals surface area contributed by atoms with Crippen LogP contribution in [0.25, 0.3) is 0 Å². The third-order valence-electron chi connectivity index (χ3n) is 6.70. The van der Waals surface area contributed by atoms with Gasteiger partial charge in [0.25, 0.3) is 0 Å². The van der Waals surface area contributed by atoms with E-state index in [1.165, 1.54) is 0 Å². The molecule has 1 N–H and O–H groups in total. The molecule has 7 heteroatoms. The van der Waals surface area contributed by atoms with Crippen LogP contribution in [0.15, 0.2) is 30.6 Å². The Morgan fingerprint density at radius 3 is 2.51 bits per heavy atom. The molecule has 1 amide bonds. The molecular formula is C28H34N2O4S. The molecular weight excluding hydrogens is 460 g/mol. The van der Waals surface area contributed by atoms with Gasteiger partial charge in [0.1, 0.15) is 16.7 Å². The van der Waals surface area contributed by atoms with Crippen molar-refractivity contribution in [1.29, 1.82) is 0 Å². The number of hydrogen-bond acceptors (Lipinski definition) is 5. The number of aromatic carboxylic acids is 1. The van der Waals surface area contributed by atoms with Crippen LogP contribution in [0, 0.1) is 29.1 Å². The van der Waals surface area contributed by atoms with E-state index in [0.29, 0.717) is 35.1 Å². The van der Waals surface area contributed by atoms with E-state index in [2.05, 4.69) is 23.7 Å². The topological polar surface area (TPSA) is 79.7 Å².